The number of amides is 3. The summed E-state index contributed by atoms with van der Waals surface area (Å²) in [5.41, 5.74) is 4.76. The van der Waals surface area contributed by atoms with Gasteiger partial charge in [0.05, 0.1) is 23.9 Å². The van der Waals surface area contributed by atoms with Crippen LogP contribution in [-0.4, -0.2) is 62.7 Å². The van der Waals surface area contributed by atoms with Crippen LogP contribution in [0.15, 0.2) is 36.5 Å². The standard InChI is InChI=1S/C25H24ClF3N4O5/c26-14-5-6-15-13(11-14)7-10-33(21(15)22(30)36)23(37)16-3-2-9-32(18(16)12-19(34)35)24(38)20-17(25(27,28)29)4-1-8-31-20/h1,4-6,8,11,16,18,21H,2-3,7,9-10,12H2,(H2,30,36)(H,34,35)/t16-,18-,21?/m1/s1. The topological polar surface area (TPSA) is 134 Å². The van der Waals surface area contributed by atoms with Gasteiger partial charge in [-0.25, -0.2) is 0 Å². The van der Waals surface area contributed by atoms with Crippen molar-refractivity contribution in [2.45, 2.75) is 43.9 Å². The van der Waals surface area contributed by atoms with Gasteiger partial charge in [-0.3, -0.25) is 24.2 Å². The molecule has 4 rings (SSSR count). The van der Waals surface area contributed by atoms with Crippen LogP contribution in [0.2, 0.25) is 5.02 Å². The van der Waals surface area contributed by atoms with Gasteiger partial charge >= 0.3 is 12.1 Å². The van der Waals surface area contributed by atoms with Crippen LogP contribution in [0.1, 0.15) is 52.5 Å². The van der Waals surface area contributed by atoms with Gasteiger partial charge in [-0.1, -0.05) is 17.7 Å². The third kappa shape index (κ3) is 5.31. The molecule has 38 heavy (non-hydrogen) atoms. The number of fused-ring (bicyclic) bond motifs is 1. The van der Waals surface area contributed by atoms with Crippen molar-refractivity contribution in [3.63, 3.8) is 0 Å². The Bertz CT molecular complexity index is 1290. The average molecular weight is 553 g/mol. The van der Waals surface area contributed by atoms with Crippen molar-refractivity contribution >= 4 is 35.3 Å². The normalized spacial score (nSPS) is 21.5. The van der Waals surface area contributed by atoms with Gasteiger partial charge in [0.15, 0.2) is 0 Å². The van der Waals surface area contributed by atoms with E-state index in [4.69, 9.17) is 17.3 Å². The number of nitrogens with zero attached hydrogens (tertiary/aromatic N) is 3. The minimum absolute atomic E-state index is 0.0605. The van der Waals surface area contributed by atoms with Gasteiger partial charge in [0.2, 0.25) is 11.8 Å². The summed E-state index contributed by atoms with van der Waals surface area (Å²) in [7, 11) is 0. The number of carbonyl (C=O) groups excluding carboxylic acids is 3. The Hall–Kier alpha value is -3.67. The van der Waals surface area contributed by atoms with Gasteiger partial charge in [-0.2, -0.15) is 13.2 Å². The Morgan fingerprint density at radius 2 is 1.87 bits per heavy atom. The third-order valence-corrected chi connectivity index (χ3v) is 7.18. The van der Waals surface area contributed by atoms with Crippen LogP contribution < -0.4 is 5.73 Å². The van der Waals surface area contributed by atoms with Crippen LogP contribution in [-0.2, 0) is 27.0 Å². The molecule has 202 valence electrons. The minimum Gasteiger partial charge on any atom is -0.481 e. The van der Waals surface area contributed by atoms with Crippen LogP contribution >= 0.6 is 11.6 Å². The fourth-order valence-electron chi connectivity index (χ4n) is 5.32. The number of carbonyl (C=O) groups is 4. The van der Waals surface area contributed by atoms with Gasteiger partial charge in [-0.15, -0.1) is 0 Å². The van der Waals surface area contributed by atoms with Crippen molar-refractivity contribution in [3.05, 3.63) is 63.9 Å². The number of likely N-dealkylation sites (tertiary alicyclic amines) is 1. The number of carboxylic acids is 1. The first-order valence-electron chi connectivity index (χ1n) is 11.8. The number of primary amides is 1. The van der Waals surface area contributed by atoms with Crippen LogP contribution in [0.4, 0.5) is 13.2 Å². The lowest BCUT2D eigenvalue weighted by atomic mass is 9.83. The number of hydrogen-bond acceptors (Lipinski definition) is 5. The highest BCUT2D eigenvalue weighted by molar-refractivity contribution is 6.30. The Balaban J connectivity index is 1.69. The predicted molar refractivity (Wildman–Crippen MR) is 128 cm³/mol. The van der Waals surface area contributed by atoms with Crippen molar-refractivity contribution in [2.75, 3.05) is 13.1 Å². The number of halogens is 4. The van der Waals surface area contributed by atoms with E-state index in [9.17, 15) is 37.5 Å². The molecule has 3 amide bonds. The van der Waals surface area contributed by atoms with E-state index in [0.29, 0.717) is 23.1 Å². The van der Waals surface area contributed by atoms with E-state index in [0.717, 1.165) is 22.7 Å². The fraction of sp³-hybridized carbons (Fsp3) is 0.400. The molecular formula is C25H24ClF3N4O5. The maximum absolute atomic E-state index is 13.8. The van der Waals surface area contributed by atoms with Crippen LogP contribution in [0, 0.1) is 5.92 Å². The lowest BCUT2D eigenvalue weighted by Gasteiger charge is -2.44. The van der Waals surface area contributed by atoms with Crippen molar-refractivity contribution in [2.24, 2.45) is 11.7 Å². The molecule has 2 aliphatic rings. The third-order valence-electron chi connectivity index (χ3n) is 6.94. The molecule has 0 bridgehead atoms. The number of carboxylic acid groups (broad SMARTS) is 1. The molecule has 3 atom stereocenters. The Kier molecular flexibility index (Phi) is 7.63. The van der Waals surface area contributed by atoms with E-state index < -0.39 is 65.5 Å². The number of aromatic nitrogens is 1. The quantitative estimate of drug-likeness (QED) is 0.585. The van der Waals surface area contributed by atoms with E-state index in [1.165, 1.54) is 4.90 Å². The number of alkyl halides is 3. The Morgan fingerprint density at radius 1 is 1.13 bits per heavy atom. The van der Waals surface area contributed by atoms with Gasteiger partial charge in [0, 0.05) is 24.3 Å². The summed E-state index contributed by atoms with van der Waals surface area (Å²) in [5.74, 6) is -4.95. The van der Waals surface area contributed by atoms with Gasteiger partial charge in [-0.05, 0) is 54.7 Å². The number of benzene rings is 1. The summed E-state index contributed by atoms with van der Waals surface area (Å²) in [6.45, 7) is 0.0253. The van der Waals surface area contributed by atoms with Crippen LogP contribution in [0.25, 0.3) is 0 Å². The summed E-state index contributed by atoms with van der Waals surface area (Å²) < 4.78 is 40.7. The molecule has 0 aliphatic carbocycles. The monoisotopic (exact) mass is 552 g/mol. The second-order valence-corrected chi connectivity index (χ2v) is 9.68. The first-order chi connectivity index (χ1) is 17.9. The van der Waals surface area contributed by atoms with E-state index in [1.54, 1.807) is 18.2 Å². The minimum atomic E-state index is -4.87. The van der Waals surface area contributed by atoms with E-state index in [2.05, 4.69) is 4.98 Å². The van der Waals surface area contributed by atoms with Crippen molar-refractivity contribution in [3.8, 4) is 0 Å². The Morgan fingerprint density at radius 3 is 2.53 bits per heavy atom. The summed E-state index contributed by atoms with van der Waals surface area (Å²) in [5, 5.41) is 10.0. The molecule has 3 N–H and O–H groups in total. The highest BCUT2D eigenvalue weighted by atomic mass is 35.5. The summed E-state index contributed by atoms with van der Waals surface area (Å²) >= 11 is 6.06. The maximum Gasteiger partial charge on any atom is 0.418 e. The summed E-state index contributed by atoms with van der Waals surface area (Å²) in [4.78, 5) is 57.3. The largest absolute Gasteiger partial charge is 0.481 e. The number of rotatable bonds is 5. The molecule has 0 radical (unpaired) electrons. The van der Waals surface area contributed by atoms with Crippen LogP contribution in [0.5, 0.6) is 0 Å². The Labute approximate surface area is 220 Å². The molecule has 1 saturated heterocycles. The molecule has 0 saturated carbocycles. The molecule has 13 heteroatoms. The SMILES string of the molecule is NC(=O)C1c2ccc(Cl)cc2CCN1C(=O)[C@@H]1CCCN(C(=O)c2ncccc2C(F)(F)F)[C@@H]1CC(=O)O. The van der Waals surface area contributed by atoms with Crippen molar-refractivity contribution in [1.29, 1.82) is 0 Å². The number of aliphatic carboxylic acids is 1. The summed E-state index contributed by atoms with van der Waals surface area (Å²) in [6, 6.07) is 4.18. The van der Waals surface area contributed by atoms with E-state index >= 15 is 0 Å². The van der Waals surface area contributed by atoms with E-state index in [-0.39, 0.29) is 25.9 Å². The molecular weight excluding hydrogens is 529 g/mol. The maximum atomic E-state index is 13.8. The number of pyridine rings is 1. The predicted octanol–water partition coefficient (Wildman–Crippen LogP) is 3.06. The zero-order chi connectivity index (χ0) is 27.8. The van der Waals surface area contributed by atoms with E-state index in [1.807, 2.05) is 0 Å². The molecule has 2 aliphatic heterocycles. The lowest BCUT2D eigenvalue weighted by Crippen LogP contribution is -2.56. The highest BCUT2D eigenvalue weighted by Crippen LogP contribution is 2.37. The molecule has 0 spiro atoms. The van der Waals surface area contributed by atoms with Gasteiger partial charge in [0.25, 0.3) is 5.91 Å². The zero-order valence-corrected chi connectivity index (χ0v) is 20.7. The van der Waals surface area contributed by atoms with Crippen molar-refractivity contribution in [1.82, 2.24) is 14.8 Å². The molecule has 1 aromatic carbocycles. The first kappa shape index (κ1) is 27.4. The fourth-order valence-corrected chi connectivity index (χ4v) is 5.52. The first-order valence-corrected chi connectivity index (χ1v) is 12.2. The molecule has 1 aromatic heterocycles. The lowest BCUT2D eigenvalue weighted by molar-refractivity contribution is -0.148. The molecule has 2 aromatic rings. The van der Waals surface area contributed by atoms with Gasteiger partial charge in [0.1, 0.15) is 11.7 Å². The zero-order valence-electron chi connectivity index (χ0n) is 19.9. The molecule has 3 heterocycles. The molecule has 9 nitrogen and oxygen atoms in total. The number of hydrogen-bond donors (Lipinski definition) is 2. The molecule has 1 unspecified atom stereocenters. The van der Waals surface area contributed by atoms with Gasteiger partial charge < -0.3 is 20.6 Å². The number of nitrogens with two attached hydrogens (primary N) is 1. The summed E-state index contributed by atoms with van der Waals surface area (Å²) in [6.07, 6.45) is -3.76. The highest BCUT2D eigenvalue weighted by Gasteiger charge is 2.46. The second-order valence-electron chi connectivity index (χ2n) is 9.24. The number of piperidine rings is 1. The van der Waals surface area contributed by atoms with Crippen molar-refractivity contribution < 1.29 is 37.5 Å². The smallest absolute Gasteiger partial charge is 0.418 e. The second kappa shape index (κ2) is 10.6. The van der Waals surface area contributed by atoms with Crippen LogP contribution in [0.3, 0.4) is 0 Å². The average Bonchev–Trinajstić information content (AvgIpc) is 2.86. The molecule has 1 fully saturated rings.